The second kappa shape index (κ2) is 5.56. The molecule has 0 fully saturated rings. The fourth-order valence-electron chi connectivity index (χ4n) is 1.62. The Morgan fingerprint density at radius 3 is 2.42 bits per heavy atom. The van der Waals surface area contributed by atoms with Crippen LogP contribution in [0.2, 0.25) is 0 Å². The minimum Gasteiger partial charge on any atom is -0.507 e. The molecule has 0 spiro atoms. The first kappa shape index (κ1) is 13.8. The van der Waals surface area contributed by atoms with E-state index in [1.54, 1.807) is 19.2 Å². The van der Waals surface area contributed by atoms with Gasteiger partial charge in [0.05, 0.1) is 3.57 Å². The molecule has 19 heavy (non-hydrogen) atoms. The Labute approximate surface area is 123 Å². The second-order valence-electron chi connectivity index (χ2n) is 4.01. The molecule has 2 aromatic carbocycles. The van der Waals surface area contributed by atoms with Gasteiger partial charge >= 0.3 is 0 Å². The molecule has 98 valence electrons. The number of hydrogen-bond donors (Lipinski definition) is 1. The Morgan fingerprint density at radius 2 is 1.84 bits per heavy atom. The van der Waals surface area contributed by atoms with Gasteiger partial charge in [-0.3, -0.25) is 4.79 Å². The summed E-state index contributed by atoms with van der Waals surface area (Å²) in [4.78, 5) is 13.6. The van der Waals surface area contributed by atoms with Crippen molar-refractivity contribution >= 4 is 34.2 Å². The van der Waals surface area contributed by atoms with E-state index in [2.05, 4.69) is 0 Å². The van der Waals surface area contributed by atoms with Crippen molar-refractivity contribution in [2.24, 2.45) is 0 Å². The van der Waals surface area contributed by atoms with E-state index in [1.807, 2.05) is 22.6 Å². The lowest BCUT2D eigenvalue weighted by molar-refractivity contribution is 0.0992. The molecule has 2 rings (SSSR count). The Kier molecular flexibility index (Phi) is 4.04. The van der Waals surface area contributed by atoms with E-state index in [4.69, 9.17) is 0 Å². The number of aromatic hydroxyl groups is 1. The van der Waals surface area contributed by atoms with Gasteiger partial charge in [-0.1, -0.05) is 0 Å². The number of hydrogen-bond acceptors (Lipinski definition) is 2. The van der Waals surface area contributed by atoms with Gasteiger partial charge < -0.3 is 10.0 Å². The first-order valence-electron chi connectivity index (χ1n) is 5.51. The van der Waals surface area contributed by atoms with Crippen LogP contribution in [0.4, 0.5) is 10.1 Å². The maximum absolute atomic E-state index is 12.8. The average Bonchev–Trinajstić information content (AvgIpc) is 2.41. The molecule has 0 saturated carbocycles. The van der Waals surface area contributed by atoms with E-state index in [0.717, 1.165) is 0 Å². The lowest BCUT2D eigenvalue weighted by Gasteiger charge is -2.17. The molecular weight excluding hydrogens is 360 g/mol. The lowest BCUT2D eigenvalue weighted by atomic mass is 10.2. The summed E-state index contributed by atoms with van der Waals surface area (Å²) in [6.45, 7) is 0. The molecule has 0 aliphatic heterocycles. The number of carbonyl (C=O) groups is 1. The summed E-state index contributed by atoms with van der Waals surface area (Å²) in [6, 6.07) is 10.4. The highest BCUT2D eigenvalue weighted by Gasteiger charge is 2.14. The molecule has 0 heterocycles. The van der Waals surface area contributed by atoms with Crippen LogP contribution in [0.5, 0.6) is 5.75 Å². The van der Waals surface area contributed by atoms with E-state index in [0.29, 0.717) is 14.8 Å². The van der Waals surface area contributed by atoms with Crippen molar-refractivity contribution in [1.82, 2.24) is 0 Å². The van der Waals surface area contributed by atoms with Crippen molar-refractivity contribution in [3.8, 4) is 5.75 Å². The highest BCUT2D eigenvalue weighted by molar-refractivity contribution is 14.1. The maximum Gasteiger partial charge on any atom is 0.258 e. The van der Waals surface area contributed by atoms with Crippen molar-refractivity contribution in [1.29, 1.82) is 0 Å². The van der Waals surface area contributed by atoms with Crippen molar-refractivity contribution in [3.63, 3.8) is 0 Å². The van der Waals surface area contributed by atoms with E-state index < -0.39 is 0 Å². The summed E-state index contributed by atoms with van der Waals surface area (Å²) in [7, 11) is 1.60. The molecule has 0 radical (unpaired) electrons. The molecule has 1 amide bonds. The predicted octanol–water partition coefficient (Wildman–Crippen LogP) is 3.41. The van der Waals surface area contributed by atoms with Crippen LogP contribution in [-0.4, -0.2) is 18.1 Å². The van der Waals surface area contributed by atoms with Crippen molar-refractivity contribution in [2.75, 3.05) is 11.9 Å². The van der Waals surface area contributed by atoms with Gasteiger partial charge in [0.1, 0.15) is 11.6 Å². The molecule has 0 bridgehead atoms. The van der Waals surface area contributed by atoms with Gasteiger partial charge in [0.2, 0.25) is 0 Å². The Bertz CT molecular complexity index is 613. The largest absolute Gasteiger partial charge is 0.507 e. The fourth-order valence-corrected chi connectivity index (χ4v) is 1.96. The zero-order chi connectivity index (χ0) is 14.0. The minimum atomic E-state index is -0.350. The van der Waals surface area contributed by atoms with Crippen LogP contribution >= 0.6 is 22.6 Å². The molecule has 0 aliphatic carbocycles. The number of phenols is 1. The molecule has 2 aromatic rings. The van der Waals surface area contributed by atoms with Crippen molar-refractivity contribution < 1.29 is 14.3 Å². The van der Waals surface area contributed by atoms with Gasteiger partial charge in [-0.15, -0.1) is 0 Å². The third-order valence-electron chi connectivity index (χ3n) is 2.71. The summed E-state index contributed by atoms with van der Waals surface area (Å²) >= 11 is 1.98. The molecule has 0 aromatic heterocycles. The van der Waals surface area contributed by atoms with Gasteiger partial charge in [-0.2, -0.15) is 0 Å². The molecule has 1 N–H and O–H groups in total. The van der Waals surface area contributed by atoms with E-state index in [1.165, 1.54) is 35.2 Å². The Balaban J connectivity index is 2.28. The fraction of sp³-hybridized carbons (Fsp3) is 0.0714. The van der Waals surface area contributed by atoms with Crippen LogP contribution in [0.1, 0.15) is 10.4 Å². The van der Waals surface area contributed by atoms with Crippen LogP contribution in [0, 0.1) is 9.39 Å². The summed E-state index contributed by atoms with van der Waals surface area (Å²) < 4.78 is 13.5. The molecule has 0 unspecified atom stereocenters. The quantitative estimate of drug-likeness (QED) is 0.823. The Hall–Kier alpha value is -1.63. The van der Waals surface area contributed by atoms with Crippen LogP contribution in [0.3, 0.4) is 0 Å². The van der Waals surface area contributed by atoms with Crippen molar-refractivity contribution in [3.05, 3.63) is 57.4 Å². The smallest absolute Gasteiger partial charge is 0.258 e. The molecule has 0 saturated heterocycles. The van der Waals surface area contributed by atoms with Gasteiger partial charge in [0.25, 0.3) is 5.91 Å². The third kappa shape index (κ3) is 3.04. The number of phenolic OH excluding ortho intramolecular Hbond substituents is 1. The monoisotopic (exact) mass is 371 g/mol. The number of benzene rings is 2. The normalized spacial score (nSPS) is 10.3. The van der Waals surface area contributed by atoms with Gasteiger partial charge in [0.15, 0.2) is 0 Å². The first-order valence-corrected chi connectivity index (χ1v) is 6.59. The van der Waals surface area contributed by atoms with Crippen LogP contribution in [0.25, 0.3) is 0 Å². The van der Waals surface area contributed by atoms with E-state index in [9.17, 15) is 14.3 Å². The topological polar surface area (TPSA) is 40.5 Å². The molecule has 5 heteroatoms. The van der Waals surface area contributed by atoms with Crippen molar-refractivity contribution in [2.45, 2.75) is 0 Å². The molecule has 0 atom stereocenters. The molecule has 0 aliphatic rings. The Morgan fingerprint density at radius 1 is 1.21 bits per heavy atom. The minimum absolute atomic E-state index is 0.0685. The number of nitrogens with zero attached hydrogens (tertiary/aromatic N) is 1. The highest BCUT2D eigenvalue weighted by atomic mass is 127. The predicted molar refractivity (Wildman–Crippen MR) is 80.0 cm³/mol. The summed E-state index contributed by atoms with van der Waals surface area (Å²) in [6.07, 6.45) is 0. The number of amides is 1. The molecule has 3 nitrogen and oxygen atoms in total. The standard InChI is InChI=1S/C14H11FINO2/c1-17(11-5-3-10(15)4-6-11)14(19)9-2-7-12(16)13(18)8-9/h2-8,18H,1H3. The SMILES string of the molecule is CN(C(=O)c1ccc(I)c(O)c1)c1ccc(F)cc1. The first-order chi connectivity index (χ1) is 8.99. The summed E-state index contributed by atoms with van der Waals surface area (Å²) in [5, 5.41) is 9.61. The van der Waals surface area contributed by atoms with Crippen LogP contribution in [-0.2, 0) is 0 Å². The number of halogens is 2. The van der Waals surface area contributed by atoms with E-state index in [-0.39, 0.29) is 17.5 Å². The van der Waals surface area contributed by atoms with E-state index >= 15 is 0 Å². The maximum atomic E-state index is 12.8. The summed E-state index contributed by atoms with van der Waals surface area (Å²) in [5.41, 5.74) is 0.967. The van der Waals surface area contributed by atoms with Gasteiger partial charge in [-0.05, 0) is 65.1 Å². The van der Waals surface area contributed by atoms with Gasteiger partial charge in [0, 0.05) is 18.3 Å². The van der Waals surface area contributed by atoms with Gasteiger partial charge in [-0.25, -0.2) is 4.39 Å². The zero-order valence-corrected chi connectivity index (χ0v) is 12.3. The highest BCUT2D eigenvalue weighted by Crippen LogP contribution is 2.22. The average molecular weight is 371 g/mol. The third-order valence-corrected chi connectivity index (χ3v) is 3.62. The summed E-state index contributed by atoms with van der Waals surface area (Å²) in [5.74, 6) is -0.547. The number of rotatable bonds is 2. The van der Waals surface area contributed by atoms with Crippen LogP contribution < -0.4 is 4.90 Å². The number of carbonyl (C=O) groups excluding carboxylic acids is 1. The van der Waals surface area contributed by atoms with Crippen LogP contribution in [0.15, 0.2) is 42.5 Å². The second-order valence-corrected chi connectivity index (χ2v) is 5.17. The number of anilines is 1. The zero-order valence-electron chi connectivity index (χ0n) is 10.1. The molecular formula is C14H11FINO2. The lowest BCUT2D eigenvalue weighted by Crippen LogP contribution is -2.26.